The fourth-order valence-corrected chi connectivity index (χ4v) is 0.929. The summed E-state index contributed by atoms with van der Waals surface area (Å²) in [6.45, 7) is 0.970. The van der Waals surface area contributed by atoms with E-state index in [1.807, 2.05) is 0 Å². The van der Waals surface area contributed by atoms with Crippen molar-refractivity contribution in [3.63, 3.8) is 0 Å². The molecule has 0 unspecified atom stereocenters. The molecule has 0 aromatic carbocycles. The van der Waals surface area contributed by atoms with E-state index in [9.17, 15) is 0 Å². The van der Waals surface area contributed by atoms with Gasteiger partial charge in [0.25, 0.3) is 0 Å². The Morgan fingerprint density at radius 3 is 2.85 bits per heavy atom. The number of ether oxygens (including phenoxy) is 1. The molecule has 0 bridgehead atoms. The summed E-state index contributed by atoms with van der Waals surface area (Å²) in [5, 5.41) is 0. The van der Waals surface area contributed by atoms with Gasteiger partial charge in [-0.1, -0.05) is 0 Å². The Morgan fingerprint density at radius 2 is 2.31 bits per heavy atom. The summed E-state index contributed by atoms with van der Waals surface area (Å²) < 4.78 is 4.90. The molecule has 4 N–H and O–H groups in total. The number of rotatable bonds is 4. The highest BCUT2D eigenvalue weighted by atomic mass is 16.5. The summed E-state index contributed by atoms with van der Waals surface area (Å²) >= 11 is 0. The number of anilines is 1. The molecule has 0 aliphatic heterocycles. The minimum atomic E-state index is 0.371. The second-order valence-electron chi connectivity index (χ2n) is 2.64. The van der Waals surface area contributed by atoms with Crippen LogP contribution in [0.1, 0.15) is 11.4 Å². The van der Waals surface area contributed by atoms with E-state index in [4.69, 9.17) is 16.2 Å². The van der Waals surface area contributed by atoms with E-state index in [0.717, 1.165) is 5.56 Å². The smallest absolute Gasteiger partial charge is 0.132 e. The van der Waals surface area contributed by atoms with E-state index in [2.05, 4.69) is 9.97 Å². The van der Waals surface area contributed by atoms with Crippen LogP contribution < -0.4 is 11.5 Å². The Morgan fingerprint density at radius 1 is 1.54 bits per heavy atom. The maximum absolute atomic E-state index is 5.63. The monoisotopic (exact) mass is 182 g/mol. The maximum atomic E-state index is 5.63. The van der Waals surface area contributed by atoms with Crippen LogP contribution in [0.3, 0.4) is 0 Å². The summed E-state index contributed by atoms with van der Waals surface area (Å²) in [5.74, 6) is 1.15. The first kappa shape index (κ1) is 9.88. The predicted molar refractivity (Wildman–Crippen MR) is 49.9 cm³/mol. The molecule has 0 aliphatic rings. The number of hydrogen-bond acceptors (Lipinski definition) is 5. The predicted octanol–water partition coefficient (Wildman–Crippen LogP) is -0.294. The Labute approximate surface area is 77.1 Å². The van der Waals surface area contributed by atoms with Gasteiger partial charge in [-0.3, -0.25) is 0 Å². The maximum Gasteiger partial charge on any atom is 0.132 e. The molecule has 0 saturated carbocycles. The average molecular weight is 182 g/mol. The number of methoxy groups -OCH3 is 1. The number of hydrogen-bond donors (Lipinski definition) is 2. The lowest BCUT2D eigenvalue weighted by Gasteiger charge is -2.03. The van der Waals surface area contributed by atoms with Gasteiger partial charge in [-0.25, -0.2) is 9.97 Å². The zero-order valence-corrected chi connectivity index (χ0v) is 7.66. The van der Waals surface area contributed by atoms with Crippen molar-refractivity contribution in [2.75, 3.05) is 19.5 Å². The second kappa shape index (κ2) is 4.74. The number of aromatic nitrogens is 2. The van der Waals surface area contributed by atoms with Crippen LogP contribution in [0.25, 0.3) is 0 Å². The molecule has 5 heteroatoms. The third-order valence-corrected chi connectivity index (χ3v) is 1.70. The largest absolute Gasteiger partial charge is 0.384 e. The van der Waals surface area contributed by atoms with E-state index in [1.165, 1.54) is 0 Å². The first-order chi connectivity index (χ1) is 6.27. The molecule has 0 fully saturated rings. The lowest BCUT2D eigenvalue weighted by molar-refractivity contribution is 0.200. The molecule has 0 atom stereocenters. The van der Waals surface area contributed by atoms with E-state index in [1.54, 1.807) is 13.3 Å². The normalized spacial score (nSPS) is 10.3. The number of nitrogens with zero attached hydrogens (tertiary/aromatic N) is 2. The lowest BCUT2D eigenvalue weighted by atomic mass is 10.3. The van der Waals surface area contributed by atoms with Crippen molar-refractivity contribution in [1.82, 2.24) is 9.97 Å². The standard InChI is InChI=1S/C8H14N4O/c1-13-3-2-7-11-5-6(4-9)8(10)12-7/h5H,2-4,9H2,1H3,(H2,10,11,12). The summed E-state index contributed by atoms with van der Waals surface area (Å²) in [4.78, 5) is 8.18. The molecule has 1 rings (SSSR count). The summed E-state index contributed by atoms with van der Waals surface area (Å²) in [5.41, 5.74) is 11.8. The van der Waals surface area contributed by atoms with Crippen molar-refractivity contribution in [2.45, 2.75) is 13.0 Å². The molecule has 0 radical (unpaired) electrons. The Bertz CT molecular complexity index is 277. The molecule has 72 valence electrons. The first-order valence-electron chi connectivity index (χ1n) is 4.07. The van der Waals surface area contributed by atoms with Gasteiger partial charge in [-0.05, 0) is 0 Å². The number of nitrogen functional groups attached to an aromatic ring is 1. The van der Waals surface area contributed by atoms with Crippen LogP contribution in [0.4, 0.5) is 5.82 Å². The van der Waals surface area contributed by atoms with Crippen molar-refractivity contribution in [3.05, 3.63) is 17.6 Å². The zero-order chi connectivity index (χ0) is 9.68. The van der Waals surface area contributed by atoms with E-state index in [0.29, 0.717) is 31.2 Å². The Kier molecular flexibility index (Phi) is 3.60. The van der Waals surface area contributed by atoms with Crippen LogP contribution in [0.2, 0.25) is 0 Å². The van der Waals surface area contributed by atoms with Gasteiger partial charge in [-0.15, -0.1) is 0 Å². The molecule has 13 heavy (non-hydrogen) atoms. The zero-order valence-electron chi connectivity index (χ0n) is 7.66. The average Bonchev–Trinajstić information content (AvgIpc) is 2.15. The molecule has 5 nitrogen and oxygen atoms in total. The molecule has 0 saturated heterocycles. The van der Waals surface area contributed by atoms with Gasteiger partial charge in [0.05, 0.1) is 6.61 Å². The molecular weight excluding hydrogens is 168 g/mol. The Balaban J connectivity index is 2.71. The second-order valence-corrected chi connectivity index (χ2v) is 2.64. The SMILES string of the molecule is COCCc1ncc(CN)c(N)n1. The van der Waals surface area contributed by atoms with Gasteiger partial charge in [0.1, 0.15) is 11.6 Å². The van der Waals surface area contributed by atoms with Crippen molar-refractivity contribution in [3.8, 4) is 0 Å². The van der Waals surface area contributed by atoms with E-state index < -0.39 is 0 Å². The molecule has 0 amide bonds. The summed E-state index contributed by atoms with van der Waals surface area (Å²) in [7, 11) is 1.64. The highest BCUT2D eigenvalue weighted by Gasteiger charge is 2.01. The first-order valence-corrected chi connectivity index (χ1v) is 4.07. The summed E-state index contributed by atoms with van der Waals surface area (Å²) in [6, 6.07) is 0. The molecular formula is C8H14N4O. The van der Waals surface area contributed by atoms with E-state index in [-0.39, 0.29) is 0 Å². The van der Waals surface area contributed by atoms with Crippen molar-refractivity contribution in [1.29, 1.82) is 0 Å². The van der Waals surface area contributed by atoms with Crippen molar-refractivity contribution in [2.24, 2.45) is 5.73 Å². The van der Waals surface area contributed by atoms with E-state index >= 15 is 0 Å². The fourth-order valence-electron chi connectivity index (χ4n) is 0.929. The van der Waals surface area contributed by atoms with Crippen molar-refractivity contribution >= 4 is 5.82 Å². The lowest BCUT2D eigenvalue weighted by Crippen LogP contribution is -2.08. The molecule has 0 spiro atoms. The molecule has 1 aromatic rings. The molecule has 1 heterocycles. The van der Waals surface area contributed by atoms with Crippen molar-refractivity contribution < 1.29 is 4.74 Å². The molecule has 0 aliphatic carbocycles. The van der Waals surface area contributed by atoms with Crippen LogP contribution in [-0.4, -0.2) is 23.7 Å². The summed E-state index contributed by atoms with van der Waals surface area (Å²) in [6.07, 6.45) is 2.33. The highest BCUT2D eigenvalue weighted by molar-refractivity contribution is 5.37. The molecule has 1 aromatic heterocycles. The van der Waals surface area contributed by atoms with Crippen LogP contribution in [-0.2, 0) is 17.7 Å². The fraction of sp³-hybridized carbons (Fsp3) is 0.500. The third kappa shape index (κ3) is 2.64. The highest BCUT2D eigenvalue weighted by Crippen LogP contribution is 2.06. The minimum absolute atomic E-state index is 0.371. The van der Waals surface area contributed by atoms with Gasteiger partial charge in [0.15, 0.2) is 0 Å². The van der Waals surface area contributed by atoms with Gasteiger partial charge < -0.3 is 16.2 Å². The number of nitrogens with two attached hydrogens (primary N) is 2. The van der Waals surface area contributed by atoms with Gasteiger partial charge >= 0.3 is 0 Å². The van der Waals surface area contributed by atoms with Crippen LogP contribution >= 0.6 is 0 Å². The quantitative estimate of drug-likeness (QED) is 0.668. The van der Waals surface area contributed by atoms with Crippen LogP contribution in [0.15, 0.2) is 6.20 Å². The van der Waals surface area contributed by atoms with Gasteiger partial charge in [0, 0.05) is 31.8 Å². The minimum Gasteiger partial charge on any atom is -0.384 e. The van der Waals surface area contributed by atoms with Crippen LogP contribution in [0.5, 0.6) is 0 Å². The topological polar surface area (TPSA) is 87.0 Å². The van der Waals surface area contributed by atoms with Gasteiger partial charge in [-0.2, -0.15) is 0 Å². The third-order valence-electron chi connectivity index (χ3n) is 1.70. The Hall–Kier alpha value is -1.20. The van der Waals surface area contributed by atoms with Crippen LogP contribution in [0, 0.1) is 0 Å². The van der Waals surface area contributed by atoms with Gasteiger partial charge in [0.2, 0.25) is 0 Å².